The molecule has 0 aliphatic heterocycles. The van der Waals surface area contributed by atoms with E-state index in [9.17, 15) is 10.1 Å². The van der Waals surface area contributed by atoms with Crippen molar-refractivity contribution >= 4 is 5.69 Å². The normalized spacial score (nSPS) is 11.1. The van der Waals surface area contributed by atoms with Gasteiger partial charge in [-0.1, -0.05) is 80.1 Å². The molecule has 0 bridgehead atoms. The Bertz CT molecular complexity index is 1280. The van der Waals surface area contributed by atoms with Gasteiger partial charge in [0.1, 0.15) is 0 Å². The number of unbranched alkanes of at least 4 members (excludes halogenated alkanes) is 1. The highest BCUT2D eigenvalue weighted by molar-refractivity contribution is 5.73. The summed E-state index contributed by atoms with van der Waals surface area (Å²) in [5.41, 5.74) is 7.38. The van der Waals surface area contributed by atoms with Crippen LogP contribution in [0.15, 0.2) is 78.9 Å². The molecule has 36 heavy (non-hydrogen) atoms. The predicted molar refractivity (Wildman–Crippen MR) is 143 cm³/mol. The first kappa shape index (κ1) is 25.3. The molecule has 0 spiro atoms. The van der Waals surface area contributed by atoms with Crippen LogP contribution in [0.5, 0.6) is 0 Å². The topological polar surface area (TPSA) is 70.2 Å². The number of para-hydroxylation sites is 1. The van der Waals surface area contributed by atoms with Crippen LogP contribution >= 0.6 is 0 Å². The van der Waals surface area contributed by atoms with Gasteiger partial charge in [-0.3, -0.25) is 14.8 Å². The Morgan fingerprint density at radius 3 is 2.31 bits per heavy atom. The minimum atomic E-state index is -0.329. The average Bonchev–Trinajstić information content (AvgIpc) is 3.24. The third-order valence-corrected chi connectivity index (χ3v) is 6.41. The van der Waals surface area contributed by atoms with E-state index in [1.54, 1.807) is 18.2 Å². The van der Waals surface area contributed by atoms with Crippen molar-refractivity contribution in [1.29, 1.82) is 0 Å². The third kappa shape index (κ3) is 6.07. The van der Waals surface area contributed by atoms with Crippen LogP contribution in [0.1, 0.15) is 54.8 Å². The molecular formula is C30H33N3O3. The minimum Gasteiger partial charge on any atom is -0.370 e. The lowest BCUT2D eigenvalue weighted by Crippen LogP contribution is -2.04. The lowest BCUT2D eigenvalue weighted by molar-refractivity contribution is -0.384. The van der Waals surface area contributed by atoms with Gasteiger partial charge in [-0.05, 0) is 42.5 Å². The fraction of sp³-hybridized carbons (Fsp3) is 0.300. The molecule has 0 amide bonds. The molecule has 4 aromatic rings. The molecule has 6 heteroatoms. The smallest absolute Gasteiger partial charge is 0.277 e. The number of rotatable bonds is 12. The highest BCUT2D eigenvalue weighted by Gasteiger charge is 2.18. The van der Waals surface area contributed by atoms with Gasteiger partial charge >= 0.3 is 0 Å². The maximum absolute atomic E-state index is 11.5. The molecule has 3 aromatic carbocycles. The van der Waals surface area contributed by atoms with Crippen molar-refractivity contribution in [2.24, 2.45) is 0 Å². The van der Waals surface area contributed by atoms with Gasteiger partial charge in [-0.25, -0.2) is 0 Å². The van der Waals surface area contributed by atoms with Crippen molar-refractivity contribution in [2.75, 3.05) is 0 Å². The van der Waals surface area contributed by atoms with Crippen LogP contribution in [0.4, 0.5) is 5.69 Å². The zero-order valence-electron chi connectivity index (χ0n) is 21.0. The number of hydrogen-bond donors (Lipinski definition) is 0. The first-order chi connectivity index (χ1) is 17.6. The number of hydrogen-bond acceptors (Lipinski definition) is 4. The summed E-state index contributed by atoms with van der Waals surface area (Å²) in [6.45, 7) is 6.17. The van der Waals surface area contributed by atoms with Crippen molar-refractivity contribution in [3.63, 3.8) is 0 Å². The average molecular weight is 484 g/mol. The number of ether oxygens (including phenoxy) is 1. The molecule has 0 saturated carbocycles. The molecule has 0 radical (unpaired) electrons. The lowest BCUT2D eigenvalue weighted by atomic mass is 9.97. The van der Waals surface area contributed by atoms with Gasteiger partial charge in [0.25, 0.3) is 5.69 Å². The van der Waals surface area contributed by atoms with E-state index < -0.39 is 0 Å². The molecule has 6 nitrogen and oxygen atoms in total. The summed E-state index contributed by atoms with van der Waals surface area (Å²) < 4.78 is 8.19. The molecule has 0 fully saturated rings. The fourth-order valence-corrected chi connectivity index (χ4v) is 4.52. The Labute approximate surface area is 212 Å². The molecule has 4 rings (SSSR count). The van der Waals surface area contributed by atoms with Crippen molar-refractivity contribution in [3.05, 3.63) is 117 Å². The van der Waals surface area contributed by atoms with Crippen molar-refractivity contribution in [2.45, 2.75) is 59.3 Å². The Balaban J connectivity index is 1.58. The van der Waals surface area contributed by atoms with Crippen LogP contribution in [0.25, 0.3) is 11.1 Å². The zero-order valence-corrected chi connectivity index (χ0v) is 21.0. The first-order valence-corrected chi connectivity index (χ1v) is 12.6. The van der Waals surface area contributed by atoms with Gasteiger partial charge in [-0.15, -0.1) is 0 Å². The van der Waals surface area contributed by atoms with Crippen LogP contribution in [-0.4, -0.2) is 14.7 Å². The van der Waals surface area contributed by atoms with E-state index in [-0.39, 0.29) is 10.6 Å². The van der Waals surface area contributed by atoms with E-state index in [0.717, 1.165) is 54.6 Å². The molecule has 0 N–H and O–H groups in total. The van der Waals surface area contributed by atoms with Crippen LogP contribution < -0.4 is 0 Å². The quantitative estimate of drug-likeness (QED) is 0.159. The second-order valence-corrected chi connectivity index (χ2v) is 8.92. The molecule has 0 saturated heterocycles. The van der Waals surface area contributed by atoms with Gasteiger partial charge in [0.2, 0.25) is 0 Å². The van der Waals surface area contributed by atoms with Crippen LogP contribution in [0.2, 0.25) is 0 Å². The highest BCUT2D eigenvalue weighted by Crippen LogP contribution is 2.30. The van der Waals surface area contributed by atoms with E-state index in [4.69, 9.17) is 9.84 Å². The molecular weight excluding hydrogens is 450 g/mol. The standard InChI is InChI=1S/C30H33N3O3/c1-3-5-14-29-27(28(31-32(29)4-2)22-36-21-24-11-7-6-8-12-24)20-23-16-18-25(19-17-23)26-13-9-10-15-30(26)33(34)35/h6-13,15-19H,3-5,14,20-22H2,1-2H3. The maximum atomic E-state index is 11.5. The van der Waals surface area contributed by atoms with Gasteiger partial charge in [0, 0.05) is 30.3 Å². The van der Waals surface area contributed by atoms with Gasteiger partial charge in [0.15, 0.2) is 0 Å². The molecule has 1 heterocycles. The zero-order chi connectivity index (χ0) is 25.3. The van der Waals surface area contributed by atoms with E-state index in [1.807, 2.05) is 36.4 Å². The summed E-state index contributed by atoms with van der Waals surface area (Å²) in [5, 5.41) is 16.4. The number of aryl methyl sites for hydroxylation is 1. The van der Waals surface area contributed by atoms with E-state index >= 15 is 0 Å². The van der Waals surface area contributed by atoms with Gasteiger partial charge < -0.3 is 4.74 Å². The largest absolute Gasteiger partial charge is 0.370 e. The van der Waals surface area contributed by atoms with E-state index in [0.29, 0.717) is 18.8 Å². The molecule has 186 valence electrons. The number of nitrogens with zero attached hydrogens (tertiary/aromatic N) is 3. The number of aromatic nitrogens is 2. The molecule has 0 aliphatic rings. The number of benzene rings is 3. The first-order valence-electron chi connectivity index (χ1n) is 12.6. The summed E-state index contributed by atoms with van der Waals surface area (Å²) in [4.78, 5) is 11.1. The Morgan fingerprint density at radius 1 is 0.889 bits per heavy atom. The Kier molecular flexibility index (Phi) is 8.63. The number of nitro groups is 1. The van der Waals surface area contributed by atoms with Crippen LogP contribution in [-0.2, 0) is 37.3 Å². The van der Waals surface area contributed by atoms with E-state index in [1.165, 1.54) is 11.3 Å². The third-order valence-electron chi connectivity index (χ3n) is 6.41. The predicted octanol–water partition coefficient (Wildman–Crippen LogP) is 7.13. The molecule has 0 atom stereocenters. The molecule has 1 aromatic heterocycles. The number of nitro benzene ring substituents is 1. The SMILES string of the molecule is CCCCc1c(Cc2ccc(-c3ccccc3[N+](=O)[O-])cc2)c(COCc2ccccc2)nn1CC. The fourth-order valence-electron chi connectivity index (χ4n) is 4.52. The Hall–Kier alpha value is -3.77. The highest BCUT2D eigenvalue weighted by atomic mass is 16.6. The summed E-state index contributed by atoms with van der Waals surface area (Å²) >= 11 is 0. The summed E-state index contributed by atoms with van der Waals surface area (Å²) in [5.74, 6) is 0. The molecule has 0 unspecified atom stereocenters. The lowest BCUT2D eigenvalue weighted by Gasteiger charge is -2.10. The van der Waals surface area contributed by atoms with E-state index in [2.05, 4.69) is 42.8 Å². The Morgan fingerprint density at radius 2 is 1.61 bits per heavy atom. The van der Waals surface area contributed by atoms with Crippen LogP contribution in [0, 0.1) is 10.1 Å². The van der Waals surface area contributed by atoms with Crippen molar-refractivity contribution in [3.8, 4) is 11.1 Å². The maximum Gasteiger partial charge on any atom is 0.277 e. The second-order valence-electron chi connectivity index (χ2n) is 8.92. The van der Waals surface area contributed by atoms with Crippen molar-refractivity contribution in [1.82, 2.24) is 9.78 Å². The summed E-state index contributed by atoms with van der Waals surface area (Å²) in [6, 6.07) is 25.1. The van der Waals surface area contributed by atoms with Gasteiger partial charge in [-0.2, -0.15) is 5.10 Å². The summed E-state index contributed by atoms with van der Waals surface area (Å²) in [7, 11) is 0. The monoisotopic (exact) mass is 483 g/mol. The van der Waals surface area contributed by atoms with Crippen LogP contribution in [0.3, 0.4) is 0 Å². The minimum absolute atomic E-state index is 0.120. The van der Waals surface area contributed by atoms with Gasteiger partial charge in [0.05, 0.1) is 29.4 Å². The second kappa shape index (κ2) is 12.3. The molecule has 0 aliphatic carbocycles. The van der Waals surface area contributed by atoms with Crippen molar-refractivity contribution < 1.29 is 9.66 Å². The summed E-state index contributed by atoms with van der Waals surface area (Å²) in [6.07, 6.45) is 3.97.